The van der Waals surface area contributed by atoms with Gasteiger partial charge in [0.05, 0.1) is 24.4 Å². The highest BCUT2D eigenvalue weighted by Gasteiger charge is 2.34. The van der Waals surface area contributed by atoms with E-state index >= 15 is 0 Å². The molecule has 3 N–H and O–H groups in total. The maximum absolute atomic E-state index is 12.2. The van der Waals surface area contributed by atoms with Gasteiger partial charge in [0.1, 0.15) is 0 Å². The molecule has 0 saturated carbocycles. The Morgan fingerprint density at radius 1 is 1.25 bits per heavy atom. The molecule has 3 heterocycles. The number of rotatable bonds is 2. The molecule has 2 aliphatic rings. The number of hydrogen-bond acceptors (Lipinski definition) is 6. The molecule has 0 bridgehead atoms. The van der Waals surface area contributed by atoms with Crippen LogP contribution in [0.15, 0.2) is 6.20 Å². The third-order valence-electron chi connectivity index (χ3n) is 3.96. The smallest absolute Gasteiger partial charge is 0.276 e. The highest BCUT2D eigenvalue weighted by atomic mass is 16.3. The van der Waals surface area contributed by atoms with E-state index in [4.69, 9.17) is 0 Å². The quantitative estimate of drug-likeness (QED) is 0.602. The molecule has 2 fully saturated rings. The molecular weight excluding hydrogens is 262 g/mol. The summed E-state index contributed by atoms with van der Waals surface area (Å²) in [5.41, 5.74) is 0.268. The number of aromatic nitrogens is 3. The summed E-state index contributed by atoms with van der Waals surface area (Å²) in [7, 11) is 0. The Bertz CT molecular complexity index is 475. The standard InChI is InChI=1S/C12H19N5O3/c18-10-6-16(7-11(10)19)12(20)9-5-17(15-14-9)8-1-3-13-4-2-8/h5,8,10-11,13,18-19H,1-4,6-7H2. The Balaban J connectivity index is 1.68. The van der Waals surface area contributed by atoms with E-state index in [0.29, 0.717) is 0 Å². The number of hydrogen-bond donors (Lipinski definition) is 3. The van der Waals surface area contributed by atoms with Crippen molar-refractivity contribution in [3.8, 4) is 0 Å². The summed E-state index contributed by atoms with van der Waals surface area (Å²) in [6.45, 7) is 2.16. The second kappa shape index (κ2) is 5.47. The minimum absolute atomic E-state index is 0.139. The minimum atomic E-state index is -0.876. The van der Waals surface area contributed by atoms with E-state index < -0.39 is 12.2 Å². The van der Waals surface area contributed by atoms with Crippen LogP contribution >= 0.6 is 0 Å². The van der Waals surface area contributed by atoms with Gasteiger partial charge in [-0.2, -0.15) is 0 Å². The Labute approximate surface area is 116 Å². The normalized spacial score (nSPS) is 28.0. The molecule has 110 valence electrons. The van der Waals surface area contributed by atoms with E-state index in [-0.39, 0.29) is 30.7 Å². The lowest BCUT2D eigenvalue weighted by molar-refractivity contribution is 0.0572. The highest BCUT2D eigenvalue weighted by molar-refractivity contribution is 5.92. The van der Waals surface area contributed by atoms with Gasteiger partial charge >= 0.3 is 0 Å². The predicted molar refractivity (Wildman–Crippen MR) is 69.1 cm³/mol. The number of amides is 1. The number of nitrogens with zero attached hydrogens (tertiary/aromatic N) is 4. The van der Waals surface area contributed by atoms with Crippen LogP contribution in [0.4, 0.5) is 0 Å². The molecule has 8 heteroatoms. The second-order valence-electron chi connectivity index (χ2n) is 5.41. The topological polar surface area (TPSA) is 104 Å². The van der Waals surface area contributed by atoms with Gasteiger partial charge in [-0.15, -0.1) is 5.10 Å². The van der Waals surface area contributed by atoms with Crippen molar-refractivity contribution in [1.82, 2.24) is 25.2 Å². The van der Waals surface area contributed by atoms with E-state index in [1.165, 1.54) is 4.90 Å². The zero-order valence-corrected chi connectivity index (χ0v) is 11.1. The number of nitrogens with one attached hydrogen (secondary N) is 1. The van der Waals surface area contributed by atoms with Crippen molar-refractivity contribution in [3.05, 3.63) is 11.9 Å². The maximum atomic E-state index is 12.2. The molecule has 1 aromatic heterocycles. The molecular formula is C12H19N5O3. The van der Waals surface area contributed by atoms with Crippen LogP contribution in [0.1, 0.15) is 29.4 Å². The average Bonchev–Trinajstić information content (AvgIpc) is 3.07. The van der Waals surface area contributed by atoms with E-state index in [1.807, 2.05) is 0 Å². The predicted octanol–water partition coefficient (Wildman–Crippen LogP) is -1.62. The first-order chi connectivity index (χ1) is 9.65. The number of β-amino-alcohol motifs (C(OH)–C–C–N with tert-alkyl or cyclic N) is 2. The van der Waals surface area contributed by atoms with Crippen LogP contribution in [-0.2, 0) is 0 Å². The number of likely N-dealkylation sites (tertiary alicyclic amines) is 1. The van der Waals surface area contributed by atoms with Gasteiger partial charge < -0.3 is 20.4 Å². The SMILES string of the molecule is O=C(c1cn(C2CCNCC2)nn1)N1CC(O)C(O)C1. The van der Waals surface area contributed by atoms with Crippen molar-refractivity contribution in [2.24, 2.45) is 0 Å². The second-order valence-corrected chi connectivity index (χ2v) is 5.41. The number of aliphatic hydroxyl groups is 2. The van der Waals surface area contributed by atoms with Crippen LogP contribution in [0.3, 0.4) is 0 Å². The summed E-state index contributed by atoms with van der Waals surface area (Å²) in [5.74, 6) is -0.291. The first-order valence-corrected chi connectivity index (χ1v) is 6.93. The summed E-state index contributed by atoms with van der Waals surface area (Å²) in [6.07, 6.45) is 1.85. The zero-order chi connectivity index (χ0) is 14.1. The molecule has 0 radical (unpaired) electrons. The molecule has 3 rings (SSSR count). The van der Waals surface area contributed by atoms with Crippen LogP contribution in [-0.4, -0.2) is 74.4 Å². The van der Waals surface area contributed by atoms with Crippen molar-refractivity contribution in [2.75, 3.05) is 26.2 Å². The molecule has 8 nitrogen and oxygen atoms in total. The van der Waals surface area contributed by atoms with Gasteiger partial charge in [-0.3, -0.25) is 4.79 Å². The van der Waals surface area contributed by atoms with Gasteiger partial charge in [0, 0.05) is 13.1 Å². The fourth-order valence-corrected chi connectivity index (χ4v) is 2.72. The summed E-state index contributed by atoms with van der Waals surface area (Å²) in [4.78, 5) is 13.6. The zero-order valence-electron chi connectivity index (χ0n) is 11.1. The minimum Gasteiger partial charge on any atom is -0.388 e. The summed E-state index contributed by atoms with van der Waals surface area (Å²) in [6, 6.07) is 0.278. The van der Waals surface area contributed by atoms with E-state index in [0.717, 1.165) is 25.9 Å². The van der Waals surface area contributed by atoms with Crippen molar-refractivity contribution in [3.63, 3.8) is 0 Å². The molecule has 0 spiro atoms. The Kier molecular flexibility index (Phi) is 3.68. The lowest BCUT2D eigenvalue weighted by Gasteiger charge is -2.22. The van der Waals surface area contributed by atoms with Crippen molar-refractivity contribution in [1.29, 1.82) is 0 Å². The summed E-state index contributed by atoms with van der Waals surface area (Å²) >= 11 is 0. The molecule has 2 saturated heterocycles. The van der Waals surface area contributed by atoms with E-state index in [9.17, 15) is 15.0 Å². The van der Waals surface area contributed by atoms with Crippen molar-refractivity contribution < 1.29 is 15.0 Å². The molecule has 1 amide bonds. The lowest BCUT2D eigenvalue weighted by Crippen LogP contribution is -2.30. The van der Waals surface area contributed by atoms with Crippen molar-refractivity contribution >= 4 is 5.91 Å². The monoisotopic (exact) mass is 281 g/mol. The van der Waals surface area contributed by atoms with Crippen LogP contribution < -0.4 is 5.32 Å². The molecule has 0 aromatic carbocycles. The lowest BCUT2D eigenvalue weighted by atomic mass is 10.1. The molecule has 2 atom stereocenters. The average molecular weight is 281 g/mol. The van der Waals surface area contributed by atoms with Gasteiger partial charge in [0.15, 0.2) is 5.69 Å². The number of aliphatic hydroxyl groups excluding tert-OH is 2. The fourth-order valence-electron chi connectivity index (χ4n) is 2.72. The number of piperidine rings is 1. The van der Waals surface area contributed by atoms with Gasteiger partial charge in [-0.1, -0.05) is 5.21 Å². The Morgan fingerprint density at radius 3 is 2.55 bits per heavy atom. The van der Waals surface area contributed by atoms with Gasteiger partial charge in [0.2, 0.25) is 0 Å². The number of carbonyl (C=O) groups is 1. The first-order valence-electron chi connectivity index (χ1n) is 6.93. The Morgan fingerprint density at radius 2 is 1.90 bits per heavy atom. The molecule has 20 heavy (non-hydrogen) atoms. The van der Waals surface area contributed by atoms with E-state index in [2.05, 4.69) is 15.6 Å². The molecule has 2 unspecified atom stereocenters. The third-order valence-corrected chi connectivity index (χ3v) is 3.96. The largest absolute Gasteiger partial charge is 0.388 e. The molecule has 0 aliphatic carbocycles. The van der Waals surface area contributed by atoms with Crippen LogP contribution in [0, 0.1) is 0 Å². The van der Waals surface area contributed by atoms with Gasteiger partial charge in [-0.05, 0) is 25.9 Å². The van der Waals surface area contributed by atoms with Gasteiger partial charge in [0.25, 0.3) is 5.91 Å². The van der Waals surface area contributed by atoms with Crippen LogP contribution in [0.25, 0.3) is 0 Å². The van der Waals surface area contributed by atoms with Crippen molar-refractivity contribution in [2.45, 2.75) is 31.1 Å². The van der Waals surface area contributed by atoms with Gasteiger partial charge in [-0.25, -0.2) is 4.68 Å². The Hall–Kier alpha value is -1.51. The number of carbonyl (C=O) groups excluding carboxylic acids is 1. The van der Waals surface area contributed by atoms with E-state index in [1.54, 1.807) is 10.9 Å². The third kappa shape index (κ3) is 2.54. The maximum Gasteiger partial charge on any atom is 0.276 e. The van der Waals surface area contributed by atoms with Crippen LogP contribution in [0.5, 0.6) is 0 Å². The molecule has 1 aromatic rings. The first kappa shape index (κ1) is 13.5. The summed E-state index contributed by atoms with van der Waals surface area (Å²) < 4.78 is 1.75. The molecule has 2 aliphatic heterocycles. The fraction of sp³-hybridized carbons (Fsp3) is 0.750. The summed E-state index contributed by atoms with van der Waals surface area (Å²) in [5, 5.41) is 30.2. The van der Waals surface area contributed by atoms with Crippen LogP contribution in [0.2, 0.25) is 0 Å². The highest BCUT2D eigenvalue weighted by Crippen LogP contribution is 2.18.